The van der Waals surface area contributed by atoms with Gasteiger partial charge in [-0.2, -0.15) is 0 Å². The maximum Gasteiger partial charge on any atom is 0.339 e. The van der Waals surface area contributed by atoms with E-state index in [-0.39, 0.29) is 21.9 Å². The standard InChI is InChI=1S/C23H17Cl2NO4/c1-14(22(28)26-20-12-11-16(24)13-19(20)25)30-23(29)18-10-6-5-9-17(18)21(27)15-7-3-2-4-8-15/h2-14H,1H3,(H,26,28). The highest BCUT2D eigenvalue weighted by molar-refractivity contribution is 6.36. The molecule has 1 unspecified atom stereocenters. The number of hydrogen-bond donors (Lipinski definition) is 1. The molecule has 0 saturated heterocycles. The van der Waals surface area contributed by atoms with Crippen LogP contribution in [-0.2, 0) is 9.53 Å². The van der Waals surface area contributed by atoms with Crippen LogP contribution < -0.4 is 5.32 Å². The van der Waals surface area contributed by atoms with Crippen LogP contribution in [0, 0.1) is 0 Å². The van der Waals surface area contributed by atoms with Crippen molar-refractivity contribution in [2.24, 2.45) is 0 Å². The Hall–Kier alpha value is -3.15. The van der Waals surface area contributed by atoms with Crippen LogP contribution >= 0.6 is 23.2 Å². The average Bonchev–Trinajstić information content (AvgIpc) is 2.75. The Morgan fingerprint density at radius 3 is 2.17 bits per heavy atom. The first kappa shape index (κ1) is 21.6. The minimum Gasteiger partial charge on any atom is -0.449 e. The lowest BCUT2D eigenvalue weighted by molar-refractivity contribution is -0.123. The summed E-state index contributed by atoms with van der Waals surface area (Å²) in [4.78, 5) is 37.9. The first-order chi connectivity index (χ1) is 14.4. The molecule has 5 nitrogen and oxygen atoms in total. The predicted octanol–water partition coefficient (Wildman–Crippen LogP) is 5.41. The summed E-state index contributed by atoms with van der Waals surface area (Å²) in [7, 11) is 0. The molecule has 3 aromatic carbocycles. The minimum absolute atomic E-state index is 0.0792. The highest BCUT2D eigenvalue weighted by atomic mass is 35.5. The largest absolute Gasteiger partial charge is 0.449 e. The molecule has 0 aliphatic heterocycles. The first-order valence-electron chi connectivity index (χ1n) is 9.02. The normalized spacial score (nSPS) is 11.4. The van der Waals surface area contributed by atoms with Gasteiger partial charge in [-0.05, 0) is 31.2 Å². The molecule has 0 aromatic heterocycles. The molecule has 0 bridgehead atoms. The van der Waals surface area contributed by atoms with E-state index in [0.29, 0.717) is 16.3 Å². The van der Waals surface area contributed by atoms with Crippen molar-refractivity contribution in [2.75, 3.05) is 5.32 Å². The van der Waals surface area contributed by atoms with Crippen LogP contribution in [0.1, 0.15) is 33.2 Å². The summed E-state index contributed by atoms with van der Waals surface area (Å²) in [6.07, 6.45) is -1.12. The summed E-state index contributed by atoms with van der Waals surface area (Å²) >= 11 is 11.9. The van der Waals surface area contributed by atoms with Crippen LogP contribution in [0.3, 0.4) is 0 Å². The molecule has 0 radical (unpaired) electrons. The van der Waals surface area contributed by atoms with E-state index >= 15 is 0 Å². The monoisotopic (exact) mass is 441 g/mol. The van der Waals surface area contributed by atoms with E-state index < -0.39 is 18.0 Å². The van der Waals surface area contributed by atoms with Crippen molar-refractivity contribution < 1.29 is 19.1 Å². The van der Waals surface area contributed by atoms with Crippen molar-refractivity contribution in [1.82, 2.24) is 0 Å². The number of anilines is 1. The van der Waals surface area contributed by atoms with E-state index in [1.54, 1.807) is 60.7 Å². The van der Waals surface area contributed by atoms with Crippen molar-refractivity contribution in [3.05, 3.63) is 99.5 Å². The number of rotatable bonds is 6. The number of ketones is 1. The number of halogens is 2. The van der Waals surface area contributed by atoms with Crippen LogP contribution in [0.25, 0.3) is 0 Å². The second kappa shape index (κ2) is 9.57. The first-order valence-corrected chi connectivity index (χ1v) is 9.78. The fourth-order valence-electron chi connectivity index (χ4n) is 2.71. The summed E-state index contributed by atoms with van der Waals surface area (Å²) < 4.78 is 5.29. The van der Waals surface area contributed by atoms with E-state index in [1.165, 1.54) is 19.1 Å². The lowest BCUT2D eigenvalue weighted by atomic mass is 9.98. The number of carbonyl (C=O) groups is 3. The van der Waals surface area contributed by atoms with Gasteiger partial charge in [0.2, 0.25) is 0 Å². The number of benzene rings is 3. The van der Waals surface area contributed by atoms with E-state index in [2.05, 4.69) is 5.32 Å². The molecule has 152 valence electrons. The molecule has 0 spiro atoms. The minimum atomic E-state index is -1.12. The van der Waals surface area contributed by atoms with Gasteiger partial charge in [0, 0.05) is 16.1 Å². The molecule has 0 aliphatic rings. The Bertz CT molecular complexity index is 1100. The third-order valence-corrected chi connectivity index (χ3v) is 4.82. The lowest BCUT2D eigenvalue weighted by Crippen LogP contribution is -2.30. The Labute approximate surface area is 183 Å². The molecule has 1 N–H and O–H groups in total. The molecule has 0 fully saturated rings. The fourth-order valence-corrected chi connectivity index (χ4v) is 3.16. The quantitative estimate of drug-likeness (QED) is 0.410. The van der Waals surface area contributed by atoms with Crippen molar-refractivity contribution in [3.63, 3.8) is 0 Å². The van der Waals surface area contributed by atoms with Crippen molar-refractivity contribution in [1.29, 1.82) is 0 Å². The van der Waals surface area contributed by atoms with Crippen LogP contribution in [0.4, 0.5) is 5.69 Å². The van der Waals surface area contributed by atoms with E-state index in [1.807, 2.05) is 0 Å². The van der Waals surface area contributed by atoms with Crippen molar-refractivity contribution >= 4 is 46.5 Å². The van der Waals surface area contributed by atoms with Gasteiger partial charge in [-0.3, -0.25) is 9.59 Å². The highest BCUT2D eigenvalue weighted by Crippen LogP contribution is 2.25. The van der Waals surface area contributed by atoms with Crippen LogP contribution in [-0.4, -0.2) is 23.8 Å². The van der Waals surface area contributed by atoms with Gasteiger partial charge >= 0.3 is 5.97 Å². The van der Waals surface area contributed by atoms with Crippen molar-refractivity contribution in [2.45, 2.75) is 13.0 Å². The zero-order valence-electron chi connectivity index (χ0n) is 15.9. The van der Waals surface area contributed by atoms with E-state index in [9.17, 15) is 14.4 Å². The number of ether oxygens (including phenoxy) is 1. The van der Waals surface area contributed by atoms with E-state index in [0.717, 1.165) is 0 Å². The molecule has 30 heavy (non-hydrogen) atoms. The number of esters is 1. The van der Waals surface area contributed by atoms with Gasteiger partial charge in [-0.1, -0.05) is 71.7 Å². The molecular weight excluding hydrogens is 425 g/mol. The molecule has 0 aliphatic carbocycles. The number of amides is 1. The van der Waals surface area contributed by atoms with Crippen molar-refractivity contribution in [3.8, 4) is 0 Å². The maximum atomic E-state index is 12.8. The summed E-state index contributed by atoms with van der Waals surface area (Å²) in [5, 5.41) is 3.27. The van der Waals surface area contributed by atoms with Gasteiger partial charge in [-0.15, -0.1) is 0 Å². The summed E-state index contributed by atoms with van der Waals surface area (Å²) in [5.41, 5.74) is 1.06. The van der Waals surface area contributed by atoms with Gasteiger partial charge in [0.25, 0.3) is 5.91 Å². The Morgan fingerprint density at radius 1 is 0.867 bits per heavy atom. The highest BCUT2D eigenvalue weighted by Gasteiger charge is 2.23. The van der Waals surface area contributed by atoms with Gasteiger partial charge in [0.1, 0.15) is 0 Å². The van der Waals surface area contributed by atoms with Crippen LogP contribution in [0.2, 0.25) is 10.0 Å². The third-order valence-electron chi connectivity index (χ3n) is 4.27. The van der Waals surface area contributed by atoms with Gasteiger partial charge in [0.05, 0.1) is 16.3 Å². The molecule has 0 saturated carbocycles. The topological polar surface area (TPSA) is 72.5 Å². The van der Waals surface area contributed by atoms with Gasteiger partial charge in [0.15, 0.2) is 11.9 Å². The summed E-state index contributed by atoms with van der Waals surface area (Å²) in [5.74, 6) is -1.66. The summed E-state index contributed by atoms with van der Waals surface area (Å²) in [6, 6.07) is 19.5. The Morgan fingerprint density at radius 2 is 1.50 bits per heavy atom. The second-order valence-corrected chi connectivity index (χ2v) is 7.25. The number of hydrogen-bond acceptors (Lipinski definition) is 4. The number of carbonyl (C=O) groups excluding carboxylic acids is 3. The smallest absolute Gasteiger partial charge is 0.339 e. The zero-order valence-corrected chi connectivity index (χ0v) is 17.4. The molecule has 1 atom stereocenters. The predicted molar refractivity (Wildman–Crippen MR) is 116 cm³/mol. The van der Waals surface area contributed by atoms with Crippen LogP contribution in [0.5, 0.6) is 0 Å². The third kappa shape index (κ3) is 5.06. The lowest BCUT2D eigenvalue weighted by Gasteiger charge is -2.15. The van der Waals surface area contributed by atoms with E-state index in [4.69, 9.17) is 27.9 Å². The zero-order chi connectivity index (χ0) is 21.7. The van der Waals surface area contributed by atoms with Gasteiger partial charge in [-0.25, -0.2) is 4.79 Å². The molecule has 3 rings (SSSR count). The molecule has 7 heteroatoms. The molecular formula is C23H17Cl2NO4. The Kier molecular flexibility index (Phi) is 6.87. The average molecular weight is 442 g/mol. The second-order valence-electron chi connectivity index (χ2n) is 6.40. The van der Waals surface area contributed by atoms with Crippen LogP contribution in [0.15, 0.2) is 72.8 Å². The molecule has 0 heterocycles. The number of nitrogens with one attached hydrogen (secondary N) is 1. The summed E-state index contributed by atoms with van der Waals surface area (Å²) in [6.45, 7) is 1.43. The maximum absolute atomic E-state index is 12.8. The fraction of sp³-hybridized carbons (Fsp3) is 0.0870. The molecule has 3 aromatic rings. The van der Waals surface area contributed by atoms with Gasteiger partial charge < -0.3 is 10.1 Å². The Balaban J connectivity index is 1.74. The molecule has 1 amide bonds. The SMILES string of the molecule is CC(OC(=O)c1ccccc1C(=O)c1ccccc1)C(=O)Nc1ccc(Cl)cc1Cl.